The van der Waals surface area contributed by atoms with Gasteiger partial charge in [0.25, 0.3) is 0 Å². The molecule has 0 atom stereocenters. The van der Waals surface area contributed by atoms with Crippen molar-refractivity contribution in [2.24, 2.45) is 17.3 Å². The van der Waals surface area contributed by atoms with E-state index in [2.05, 4.69) is 26.1 Å². The van der Waals surface area contributed by atoms with Gasteiger partial charge in [0.15, 0.2) is 0 Å². The molecule has 0 heterocycles. The lowest BCUT2D eigenvalue weighted by Gasteiger charge is -2.37. The summed E-state index contributed by atoms with van der Waals surface area (Å²) in [5.74, 6) is 1.80. The van der Waals surface area contributed by atoms with Crippen molar-refractivity contribution in [2.75, 3.05) is 27.2 Å². The van der Waals surface area contributed by atoms with Crippen molar-refractivity contribution in [2.45, 2.75) is 46.5 Å². The van der Waals surface area contributed by atoms with Crippen LogP contribution in [0.15, 0.2) is 0 Å². The van der Waals surface area contributed by atoms with Crippen LogP contribution >= 0.6 is 0 Å². The van der Waals surface area contributed by atoms with Gasteiger partial charge in [0, 0.05) is 14.1 Å². The van der Waals surface area contributed by atoms with Gasteiger partial charge in [-0.15, -0.1) is 0 Å². The summed E-state index contributed by atoms with van der Waals surface area (Å²) in [6.45, 7) is 8.53. The third-order valence-corrected chi connectivity index (χ3v) is 4.28. The van der Waals surface area contributed by atoms with Crippen LogP contribution in [0.5, 0.6) is 0 Å². The number of likely N-dealkylation sites (N-methyl/N-ethyl adjacent to an activating group) is 1. The Labute approximate surface area is 112 Å². The molecule has 0 bridgehead atoms. The Morgan fingerprint density at radius 2 is 1.72 bits per heavy atom. The standard InChI is InChI=1S/C15H30N2O/c1-15(2,3)13-8-6-12(7-9-13)10-16-11-14(18)17(4)5/h12-13,16H,6-11H2,1-5H3. The lowest BCUT2D eigenvalue weighted by atomic mass is 9.70. The monoisotopic (exact) mass is 254 g/mol. The number of nitrogens with zero attached hydrogens (tertiary/aromatic N) is 1. The van der Waals surface area contributed by atoms with Crippen molar-refractivity contribution >= 4 is 5.91 Å². The van der Waals surface area contributed by atoms with Gasteiger partial charge in [-0.1, -0.05) is 20.8 Å². The summed E-state index contributed by atoms with van der Waals surface area (Å²) < 4.78 is 0. The first kappa shape index (κ1) is 15.5. The molecule has 0 spiro atoms. The number of nitrogens with one attached hydrogen (secondary N) is 1. The maximum absolute atomic E-state index is 11.4. The number of carbonyl (C=O) groups is 1. The molecule has 1 aliphatic rings. The smallest absolute Gasteiger partial charge is 0.236 e. The Balaban J connectivity index is 2.18. The fraction of sp³-hybridized carbons (Fsp3) is 0.933. The van der Waals surface area contributed by atoms with Crippen molar-refractivity contribution in [1.29, 1.82) is 0 Å². The van der Waals surface area contributed by atoms with Crippen molar-refractivity contribution in [3.05, 3.63) is 0 Å². The molecule has 3 nitrogen and oxygen atoms in total. The second-order valence-corrected chi connectivity index (χ2v) is 7.00. The van der Waals surface area contributed by atoms with E-state index < -0.39 is 0 Å². The zero-order chi connectivity index (χ0) is 13.8. The fourth-order valence-electron chi connectivity index (χ4n) is 2.77. The first-order chi connectivity index (χ1) is 8.30. The molecular formula is C15H30N2O. The fourth-order valence-corrected chi connectivity index (χ4v) is 2.77. The van der Waals surface area contributed by atoms with E-state index in [1.807, 2.05) is 0 Å². The van der Waals surface area contributed by atoms with E-state index in [1.165, 1.54) is 25.7 Å². The van der Waals surface area contributed by atoms with Crippen molar-refractivity contribution in [3.8, 4) is 0 Å². The van der Waals surface area contributed by atoms with Crippen LogP contribution in [0.2, 0.25) is 0 Å². The summed E-state index contributed by atoms with van der Waals surface area (Å²) in [5.41, 5.74) is 0.458. The maximum Gasteiger partial charge on any atom is 0.236 e. The van der Waals surface area contributed by atoms with Crippen LogP contribution in [0.3, 0.4) is 0 Å². The summed E-state index contributed by atoms with van der Waals surface area (Å²) in [4.78, 5) is 13.1. The highest BCUT2D eigenvalue weighted by Gasteiger charge is 2.29. The molecule has 0 aromatic rings. The highest BCUT2D eigenvalue weighted by Crippen LogP contribution is 2.39. The van der Waals surface area contributed by atoms with Gasteiger partial charge < -0.3 is 10.2 Å². The van der Waals surface area contributed by atoms with Gasteiger partial charge in [0.05, 0.1) is 6.54 Å². The third kappa shape index (κ3) is 4.97. The zero-order valence-electron chi connectivity index (χ0n) is 12.8. The molecule has 1 saturated carbocycles. The largest absolute Gasteiger partial charge is 0.348 e. The maximum atomic E-state index is 11.4. The molecule has 1 aliphatic carbocycles. The molecule has 0 unspecified atom stereocenters. The van der Waals surface area contributed by atoms with Gasteiger partial charge in [0.2, 0.25) is 5.91 Å². The van der Waals surface area contributed by atoms with Crippen LogP contribution in [0.4, 0.5) is 0 Å². The van der Waals surface area contributed by atoms with Gasteiger partial charge in [-0.3, -0.25) is 4.79 Å². The molecule has 0 aromatic carbocycles. The van der Waals surface area contributed by atoms with E-state index in [-0.39, 0.29) is 5.91 Å². The zero-order valence-corrected chi connectivity index (χ0v) is 12.8. The van der Waals surface area contributed by atoms with Gasteiger partial charge >= 0.3 is 0 Å². The first-order valence-corrected chi connectivity index (χ1v) is 7.21. The molecular weight excluding hydrogens is 224 g/mol. The number of rotatable bonds is 4. The normalized spacial score (nSPS) is 24.9. The first-order valence-electron chi connectivity index (χ1n) is 7.21. The van der Waals surface area contributed by atoms with Crippen LogP contribution in [0, 0.1) is 17.3 Å². The third-order valence-electron chi connectivity index (χ3n) is 4.28. The number of amides is 1. The van der Waals surface area contributed by atoms with Gasteiger partial charge in [0.1, 0.15) is 0 Å². The van der Waals surface area contributed by atoms with Crippen LogP contribution in [-0.4, -0.2) is 38.0 Å². The Kier molecular flexibility index (Phi) is 5.64. The summed E-state index contributed by atoms with van der Waals surface area (Å²) in [6, 6.07) is 0. The van der Waals surface area contributed by atoms with Gasteiger partial charge in [-0.25, -0.2) is 0 Å². The van der Waals surface area contributed by atoms with Gasteiger partial charge in [-0.05, 0) is 49.5 Å². The van der Waals surface area contributed by atoms with Crippen molar-refractivity contribution < 1.29 is 4.79 Å². The van der Waals surface area contributed by atoms with E-state index in [0.717, 1.165) is 18.4 Å². The molecule has 0 radical (unpaired) electrons. The lowest BCUT2D eigenvalue weighted by molar-refractivity contribution is -0.127. The molecule has 1 rings (SSSR count). The number of carbonyl (C=O) groups excluding carboxylic acids is 1. The number of hydrogen-bond donors (Lipinski definition) is 1. The lowest BCUT2D eigenvalue weighted by Crippen LogP contribution is -2.36. The highest BCUT2D eigenvalue weighted by molar-refractivity contribution is 5.77. The minimum absolute atomic E-state index is 0.165. The van der Waals surface area contributed by atoms with Crippen LogP contribution < -0.4 is 5.32 Å². The predicted molar refractivity (Wildman–Crippen MR) is 76.5 cm³/mol. The summed E-state index contributed by atoms with van der Waals surface area (Å²) in [7, 11) is 3.61. The molecule has 1 N–H and O–H groups in total. The quantitative estimate of drug-likeness (QED) is 0.836. The minimum atomic E-state index is 0.165. The molecule has 1 amide bonds. The number of hydrogen-bond acceptors (Lipinski definition) is 2. The summed E-state index contributed by atoms with van der Waals surface area (Å²) in [6.07, 6.45) is 5.31. The van der Waals surface area contributed by atoms with Crippen LogP contribution in [0.1, 0.15) is 46.5 Å². The van der Waals surface area contributed by atoms with Crippen LogP contribution in [0.25, 0.3) is 0 Å². The predicted octanol–water partition coefficient (Wildman–Crippen LogP) is 2.52. The Hall–Kier alpha value is -0.570. The summed E-state index contributed by atoms with van der Waals surface area (Å²) in [5, 5.41) is 3.30. The Morgan fingerprint density at radius 3 is 2.17 bits per heavy atom. The van der Waals surface area contributed by atoms with Crippen LogP contribution in [-0.2, 0) is 4.79 Å². The molecule has 106 valence electrons. The van der Waals surface area contributed by atoms with Crippen molar-refractivity contribution in [1.82, 2.24) is 10.2 Å². The Bertz CT molecular complexity index is 260. The van der Waals surface area contributed by atoms with Gasteiger partial charge in [-0.2, -0.15) is 0 Å². The minimum Gasteiger partial charge on any atom is -0.348 e. The van der Waals surface area contributed by atoms with E-state index in [0.29, 0.717) is 12.0 Å². The van der Waals surface area contributed by atoms with E-state index >= 15 is 0 Å². The molecule has 0 aromatic heterocycles. The van der Waals surface area contributed by atoms with E-state index in [1.54, 1.807) is 19.0 Å². The van der Waals surface area contributed by atoms with E-state index in [4.69, 9.17) is 0 Å². The molecule has 1 fully saturated rings. The van der Waals surface area contributed by atoms with E-state index in [9.17, 15) is 4.79 Å². The molecule has 18 heavy (non-hydrogen) atoms. The average Bonchev–Trinajstić information content (AvgIpc) is 2.28. The van der Waals surface area contributed by atoms with Crippen molar-refractivity contribution in [3.63, 3.8) is 0 Å². The SMILES string of the molecule is CN(C)C(=O)CNCC1CCC(C(C)(C)C)CC1. The Morgan fingerprint density at radius 1 is 1.17 bits per heavy atom. The summed E-state index contributed by atoms with van der Waals surface area (Å²) >= 11 is 0. The second kappa shape index (κ2) is 6.55. The molecule has 0 saturated heterocycles. The highest BCUT2D eigenvalue weighted by atomic mass is 16.2. The second-order valence-electron chi connectivity index (χ2n) is 7.00. The molecule has 0 aliphatic heterocycles. The average molecular weight is 254 g/mol. The topological polar surface area (TPSA) is 32.3 Å². The molecule has 3 heteroatoms.